The second-order valence-electron chi connectivity index (χ2n) is 7.69. The van der Waals surface area contributed by atoms with Gasteiger partial charge in [-0.15, -0.1) is 11.3 Å². The van der Waals surface area contributed by atoms with Gasteiger partial charge in [0.1, 0.15) is 16.5 Å². The number of pyridine rings is 1. The third kappa shape index (κ3) is 4.26. The summed E-state index contributed by atoms with van der Waals surface area (Å²) in [5, 5.41) is 4.02. The fourth-order valence-corrected chi connectivity index (χ4v) is 5.85. The Morgan fingerprint density at radius 2 is 1.88 bits per heavy atom. The van der Waals surface area contributed by atoms with Crippen LogP contribution in [-0.2, 0) is 16.6 Å². The first-order chi connectivity index (χ1) is 15.5. The molecule has 10 heteroatoms. The third-order valence-corrected chi connectivity index (χ3v) is 8.38. The number of nitrogens with one attached hydrogen (secondary N) is 1. The summed E-state index contributed by atoms with van der Waals surface area (Å²) in [5.41, 5.74) is 0.958. The minimum atomic E-state index is -3.52. The normalized spacial score (nSPS) is 15.9. The Labute approximate surface area is 190 Å². The number of piperazine rings is 1. The van der Waals surface area contributed by atoms with E-state index < -0.39 is 10.0 Å². The first-order valence-corrected chi connectivity index (χ1v) is 12.6. The molecule has 1 saturated heterocycles. The molecule has 0 saturated carbocycles. The second-order valence-corrected chi connectivity index (χ2v) is 10.7. The van der Waals surface area contributed by atoms with Crippen molar-refractivity contribution >= 4 is 37.4 Å². The number of sulfonamides is 1. The molecule has 8 nitrogen and oxygen atoms in total. The number of likely N-dealkylation sites (N-methyl/N-ethyl adjacent to an activating group) is 1. The molecule has 0 aliphatic carbocycles. The number of anilines is 1. The Kier molecular flexibility index (Phi) is 5.68. The van der Waals surface area contributed by atoms with Crippen LogP contribution in [0.2, 0.25) is 0 Å². The zero-order valence-corrected chi connectivity index (χ0v) is 19.2. The first-order valence-electron chi connectivity index (χ1n) is 10.3. The van der Waals surface area contributed by atoms with E-state index in [-0.39, 0.29) is 4.90 Å². The van der Waals surface area contributed by atoms with Crippen LogP contribution in [0.25, 0.3) is 21.0 Å². The van der Waals surface area contributed by atoms with Gasteiger partial charge >= 0.3 is 0 Å². The van der Waals surface area contributed by atoms with Crippen LogP contribution in [0.3, 0.4) is 0 Å². The van der Waals surface area contributed by atoms with E-state index in [1.807, 2.05) is 43.4 Å². The van der Waals surface area contributed by atoms with Gasteiger partial charge in [-0.25, -0.2) is 18.4 Å². The lowest BCUT2D eigenvalue weighted by molar-refractivity contribution is 0.222. The molecule has 1 aliphatic heterocycles. The van der Waals surface area contributed by atoms with E-state index >= 15 is 0 Å². The monoisotopic (exact) mass is 469 g/mol. The summed E-state index contributed by atoms with van der Waals surface area (Å²) >= 11 is 1.59. The van der Waals surface area contributed by atoms with Crippen LogP contribution in [0, 0.1) is 0 Å². The van der Waals surface area contributed by atoms with E-state index in [2.05, 4.69) is 20.2 Å². The highest BCUT2D eigenvalue weighted by molar-refractivity contribution is 7.89. The van der Waals surface area contributed by atoms with Crippen LogP contribution in [0.1, 0.15) is 5.76 Å². The van der Waals surface area contributed by atoms with Gasteiger partial charge in [0, 0.05) is 32.4 Å². The van der Waals surface area contributed by atoms with Crippen LogP contribution in [0.4, 0.5) is 5.82 Å². The van der Waals surface area contributed by atoms with Gasteiger partial charge in [-0.05, 0) is 43.4 Å². The summed E-state index contributed by atoms with van der Waals surface area (Å²) < 4.78 is 34.2. The van der Waals surface area contributed by atoms with Crippen LogP contribution in [-0.4, -0.2) is 60.8 Å². The number of rotatable bonds is 6. The van der Waals surface area contributed by atoms with Gasteiger partial charge in [-0.2, -0.15) is 4.31 Å². The van der Waals surface area contributed by atoms with Crippen molar-refractivity contribution in [1.29, 1.82) is 0 Å². The number of nitrogens with zero attached hydrogens (tertiary/aromatic N) is 4. The molecule has 4 aromatic rings. The topological polar surface area (TPSA) is 91.6 Å². The molecule has 1 fully saturated rings. The SMILES string of the molecule is CN1CCN(S(=O)(=O)c2ccc(NCc3ccc(-c4nc5ccccc5s4)o3)nc2)CC1. The maximum atomic E-state index is 12.8. The molecule has 0 unspecified atom stereocenters. The van der Waals surface area contributed by atoms with Gasteiger partial charge in [-0.3, -0.25) is 0 Å². The molecule has 32 heavy (non-hydrogen) atoms. The fourth-order valence-electron chi connectivity index (χ4n) is 3.56. The highest BCUT2D eigenvalue weighted by atomic mass is 32.2. The molecule has 0 radical (unpaired) electrons. The Balaban J connectivity index is 1.23. The lowest BCUT2D eigenvalue weighted by atomic mass is 10.3. The smallest absolute Gasteiger partial charge is 0.244 e. The first kappa shape index (κ1) is 21.1. The highest BCUT2D eigenvalue weighted by Crippen LogP contribution is 2.31. The maximum absolute atomic E-state index is 12.8. The zero-order valence-electron chi connectivity index (χ0n) is 17.6. The van der Waals surface area contributed by atoms with Crippen molar-refractivity contribution in [2.75, 3.05) is 38.5 Å². The van der Waals surface area contributed by atoms with Gasteiger partial charge in [-0.1, -0.05) is 12.1 Å². The van der Waals surface area contributed by atoms with E-state index in [1.54, 1.807) is 23.5 Å². The summed E-state index contributed by atoms with van der Waals surface area (Å²) in [6, 6.07) is 15.1. The zero-order chi connectivity index (χ0) is 22.1. The van der Waals surface area contributed by atoms with Crippen molar-refractivity contribution in [3.63, 3.8) is 0 Å². The molecule has 1 aromatic carbocycles. The second kappa shape index (κ2) is 8.62. The fraction of sp³-hybridized carbons (Fsp3) is 0.273. The van der Waals surface area contributed by atoms with Gasteiger partial charge < -0.3 is 14.6 Å². The molecule has 5 rings (SSSR count). The summed E-state index contributed by atoms with van der Waals surface area (Å²) in [5.74, 6) is 2.06. The highest BCUT2D eigenvalue weighted by Gasteiger charge is 2.27. The van der Waals surface area contributed by atoms with Gasteiger partial charge in [0.05, 0.1) is 16.8 Å². The molecule has 0 spiro atoms. The molecule has 0 atom stereocenters. The van der Waals surface area contributed by atoms with Crippen molar-refractivity contribution in [2.24, 2.45) is 0 Å². The van der Waals surface area contributed by atoms with Gasteiger partial charge in [0.2, 0.25) is 10.0 Å². The minimum absolute atomic E-state index is 0.212. The summed E-state index contributed by atoms with van der Waals surface area (Å²) in [4.78, 5) is 11.2. The quantitative estimate of drug-likeness (QED) is 0.462. The summed E-state index contributed by atoms with van der Waals surface area (Å²) in [6.45, 7) is 2.88. The van der Waals surface area contributed by atoms with Crippen molar-refractivity contribution in [2.45, 2.75) is 11.4 Å². The molecule has 4 heterocycles. The molecule has 1 aliphatic rings. The molecule has 1 N–H and O–H groups in total. The minimum Gasteiger partial charge on any atom is -0.457 e. The van der Waals surface area contributed by atoms with Crippen molar-refractivity contribution in [3.05, 3.63) is 60.5 Å². The van der Waals surface area contributed by atoms with E-state index in [0.29, 0.717) is 25.5 Å². The Morgan fingerprint density at radius 3 is 2.62 bits per heavy atom. The average molecular weight is 470 g/mol. The van der Waals surface area contributed by atoms with E-state index in [9.17, 15) is 8.42 Å². The number of aromatic nitrogens is 2. The lowest BCUT2D eigenvalue weighted by Crippen LogP contribution is -2.47. The third-order valence-electron chi connectivity index (χ3n) is 5.45. The standard InChI is InChI=1S/C22H23N5O3S2/c1-26-10-12-27(13-11-26)32(28,29)17-7-9-21(24-15-17)23-14-16-6-8-19(30-16)22-25-18-4-2-3-5-20(18)31-22/h2-9,15H,10-14H2,1H3,(H,23,24). The van der Waals surface area contributed by atoms with Crippen molar-refractivity contribution in [1.82, 2.24) is 19.2 Å². The van der Waals surface area contributed by atoms with Crippen LogP contribution >= 0.6 is 11.3 Å². The van der Waals surface area contributed by atoms with E-state index in [0.717, 1.165) is 39.8 Å². The van der Waals surface area contributed by atoms with Crippen molar-refractivity contribution < 1.29 is 12.8 Å². The number of furan rings is 1. The predicted molar refractivity (Wildman–Crippen MR) is 125 cm³/mol. The predicted octanol–water partition coefficient (Wildman–Crippen LogP) is 3.50. The van der Waals surface area contributed by atoms with Crippen LogP contribution in [0.15, 0.2) is 64.0 Å². The van der Waals surface area contributed by atoms with Crippen LogP contribution in [0.5, 0.6) is 0 Å². The molecule has 0 bridgehead atoms. The number of fused-ring (bicyclic) bond motifs is 1. The largest absolute Gasteiger partial charge is 0.457 e. The molecule has 0 amide bonds. The van der Waals surface area contributed by atoms with Crippen molar-refractivity contribution in [3.8, 4) is 10.8 Å². The number of hydrogen-bond donors (Lipinski definition) is 1. The summed E-state index contributed by atoms with van der Waals surface area (Å²) in [6.07, 6.45) is 1.41. The van der Waals surface area contributed by atoms with E-state index in [1.165, 1.54) is 10.5 Å². The maximum Gasteiger partial charge on any atom is 0.244 e. The Hall–Kier alpha value is -2.79. The average Bonchev–Trinajstić information content (AvgIpc) is 3.45. The number of benzene rings is 1. The number of para-hydroxylation sites is 1. The Bertz CT molecular complexity index is 1290. The molecular weight excluding hydrogens is 446 g/mol. The molecule has 3 aromatic heterocycles. The van der Waals surface area contributed by atoms with Crippen LogP contribution < -0.4 is 5.32 Å². The van der Waals surface area contributed by atoms with Gasteiger partial charge in [0.15, 0.2) is 10.8 Å². The van der Waals surface area contributed by atoms with E-state index in [4.69, 9.17) is 4.42 Å². The Morgan fingerprint density at radius 1 is 1.06 bits per heavy atom. The molecular formula is C22H23N5O3S2. The lowest BCUT2D eigenvalue weighted by Gasteiger charge is -2.31. The summed E-state index contributed by atoms with van der Waals surface area (Å²) in [7, 11) is -1.52. The number of thiazole rings is 1. The number of hydrogen-bond acceptors (Lipinski definition) is 8. The van der Waals surface area contributed by atoms with Gasteiger partial charge in [0.25, 0.3) is 0 Å². The molecule has 166 valence electrons.